The SMILES string of the molecule is CCCNc1cncc(C(=O)Nc2ccc(F)cc2C)n1. The van der Waals surface area contributed by atoms with E-state index in [1.54, 1.807) is 13.1 Å². The molecule has 0 saturated carbocycles. The number of hydrogen-bond donors (Lipinski definition) is 2. The summed E-state index contributed by atoms with van der Waals surface area (Å²) >= 11 is 0. The second kappa shape index (κ2) is 6.78. The molecular weight excluding hydrogens is 271 g/mol. The zero-order valence-electron chi connectivity index (χ0n) is 12.0. The molecule has 0 atom stereocenters. The molecule has 6 heteroatoms. The number of nitrogens with one attached hydrogen (secondary N) is 2. The van der Waals surface area contributed by atoms with E-state index in [2.05, 4.69) is 20.6 Å². The van der Waals surface area contributed by atoms with Crippen molar-refractivity contribution in [2.24, 2.45) is 0 Å². The van der Waals surface area contributed by atoms with Gasteiger partial charge in [-0.3, -0.25) is 9.78 Å². The van der Waals surface area contributed by atoms with Gasteiger partial charge >= 0.3 is 0 Å². The van der Waals surface area contributed by atoms with Crippen LogP contribution < -0.4 is 10.6 Å². The summed E-state index contributed by atoms with van der Waals surface area (Å²) in [7, 11) is 0. The van der Waals surface area contributed by atoms with E-state index in [0.29, 0.717) is 17.1 Å². The van der Waals surface area contributed by atoms with Gasteiger partial charge in [-0.1, -0.05) is 6.92 Å². The van der Waals surface area contributed by atoms with Gasteiger partial charge in [0.2, 0.25) is 0 Å². The van der Waals surface area contributed by atoms with Gasteiger partial charge in [-0.05, 0) is 37.1 Å². The number of anilines is 2. The summed E-state index contributed by atoms with van der Waals surface area (Å²) in [6.45, 7) is 4.52. The van der Waals surface area contributed by atoms with Gasteiger partial charge in [0, 0.05) is 12.2 Å². The molecule has 0 aliphatic heterocycles. The molecule has 0 unspecified atom stereocenters. The minimum atomic E-state index is -0.377. The molecule has 5 nitrogen and oxygen atoms in total. The van der Waals surface area contributed by atoms with E-state index in [1.807, 2.05) is 6.92 Å². The quantitative estimate of drug-likeness (QED) is 0.887. The molecule has 0 aliphatic rings. The first-order valence-electron chi connectivity index (χ1n) is 6.73. The topological polar surface area (TPSA) is 66.9 Å². The Bertz CT molecular complexity index is 645. The van der Waals surface area contributed by atoms with Gasteiger partial charge in [0.1, 0.15) is 17.3 Å². The predicted octanol–water partition coefficient (Wildman–Crippen LogP) is 3.00. The molecule has 1 aromatic heterocycles. The van der Waals surface area contributed by atoms with E-state index in [4.69, 9.17) is 0 Å². The number of carbonyl (C=O) groups is 1. The number of benzene rings is 1. The number of rotatable bonds is 5. The molecule has 21 heavy (non-hydrogen) atoms. The molecule has 0 spiro atoms. The highest BCUT2D eigenvalue weighted by Crippen LogP contribution is 2.16. The third kappa shape index (κ3) is 3.98. The number of carbonyl (C=O) groups excluding carboxylic acids is 1. The van der Waals surface area contributed by atoms with Crippen molar-refractivity contribution in [3.8, 4) is 0 Å². The third-order valence-electron chi connectivity index (χ3n) is 2.86. The third-order valence-corrected chi connectivity index (χ3v) is 2.86. The lowest BCUT2D eigenvalue weighted by molar-refractivity contribution is 0.102. The smallest absolute Gasteiger partial charge is 0.275 e. The molecule has 2 aromatic rings. The molecule has 2 rings (SSSR count). The summed E-state index contributed by atoms with van der Waals surface area (Å²) in [6.07, 6.45) is 3.91. The van der Waals surface area contributed by atoms with Gasteiger partial charge in [-0.2, -0.15) is 0 Å². The van der Waals surface area contributed by atoms with Crippen LogP contribution in [0, 0.1) is 12.7 Å². The van der Waals surface area contributed by atoms with Crippen molar-refractivity contribution in [1.82, 2.24) is 9.97 Å². The van der Waals surface area contributed by atoms with Crippen molar-refractivity contribution >= 4 is 17.4 Å². The van der Waals surface area contributed by atoms with Crippen LogP contribution in [0.25, 0.3) is 0 Å². The maximum Gasteiger partial charge on any atom is 0.275 e. The molecule has 1 heterocycles. The van der Waals surface area contributed by atoms with Crippen LogP contribution in [0.1, 0.15) is 29.4 Å². The van der Waals surface area contributed by atoms with Crippen molar-refractivity contribution in [2.45, 2.75) is 20.3 Å². The molecule has 0 fully saturated rings. The number of aryl methyl sites for hydroxylation is 1. The highest BCUT2D eigenvalue weighted by Gasteiger charge is 2.11. The Morgan fingerprint density at radius 1 is 1.33 bits per heavy atom. The largest absolute Gasteiger partial charge is 0.369 e. The minimum Gasteiger partial charge on any atom is -0.369 e. The van der Waals surface area contributed by atoms with Crippen molar-refractivity contribution in [3.05, 3.63) is 47.7 Å². The maximum absolute atomic E-state index is 13.0. The van der Waals surface area contributed by atoms with Gasteiger partial charge in [0.25, 0.3) is 5.91 Å². The van der Waals surface area contributed by atoms with Crippen molar-refractivity contribution in [2.75, 3.05) is 17.2 Å². The summed E-state index contributed by atoms with van der Waals surface area (Å²) in [6, 6.07) is 4.18. The first-order chi connectivity index (χ1) is 10.1. The lowest BCUT2D eigenvalue weighted by atomic mass is 10.2. The highest BCUT2D eigenvalue weighted by molar-refractivity contribution is 6.03. The number of aromatic nitrogens is 2. The first-order valence-corrected chi connectivity index (χ1v) is 6.73. The summed E-state index contributed by atoms with van der Waals surface area (Å²) < 4.78 is 13.0. The standard InChI is InChI=1S/C15H17FN4O/c1-3-6-18-14-9-17-8-13(19-14)15(21)20-12-5-4-11(16)7-10(12)2/h4-5,7-9H,3,6H2,1-2H3,(H,18,19)(H,20,21). The Hall–Kier alpha value is -2.50. The van der Waals surface area contributed by atoms with Gasteiger partial charge in [-0.25, -0.2) is 9.37 Å². The van der Waals surface area contributed by atoms with Gasteiger partial charge in [-0.15, -0.1) is 0 Å². The van der Waals surface area contributed by atoms with Crippen LogP contribution in [-0.2, 0) is 0 Å². The van der Waals surface area contributed by atoms with Crippen LogP contribution in [-0.4, -0.2) is 22.4 Å². The van der Waals surface area contributed by atoms with Gasteiger partial charge < -0.3 is 10.6 Å². The fraction of sp³-hybridized carbons (Fsp3) is 0.267. The minimum absolute atomic E-state index is 0.208. The fourth-order valence-corrected chi connectivity index (χ4v) is 1.77. The van der Waals surface area contributed by atoms with E-state index in [9.17, 15) is 9.18 Å². The highest BCUT2D eigenvalue weighted by atomic mass is 19.1. The van der Waals surface area contributed by atoms with Crippen LogP contribution >= 0.6 is 0 Å². The Labute approximate surface area is 122 Å². The number of amides is 1. The molecule has 2 N–H and O–H groups in total. The monoisotopic (exact) mass is 288 g/mol. The number of halogens is 1. The van der Waals surface area contributed by atoms with E-state index in [0.717, 1.165) is 13.0 Å². The fourth-order valence-electron chi connectivity index (χ4n) is 1.77. The number of nitrogens with zero attached hydrogens (tertiary/aromatic N) is 2. The first kappa shape index (κ1) is 14.9. The van der Waals surface area contributed by atoms with Crippen molar-refractivity contribution in [1.29, 1.82) is 0 Å². The summed E-state index contributed by atoms with van der Waals surface area (Å²) in [5, 5.41) is 5.77. The maximum atomic E-state index is 13.0. The average molecular weight is 288 g/mol. The summed E-state index contributed by atoms with van der Waals surface area (Å²) in [5.41, 5.74) is 1.41. The Morgan fingerprint density at radius 3 is 2.86 bits per heavy atom. The molecule has 0 aliphatic carbocycles. The van der Waals surface area contributed by atoms with E-state index in [1.165, 1.54) is 24.4 Å². The molecule has 0 radical (unpaired) electrons. The summed E-state index contributed by atoms with van der Waals surface area (Å²) in [4.78, 5) is 20.3. The molecule has 0 bridgehead atoms. The number of hydrogen-bond acceptors (Lipinski definition) is 4. The molecule has 110 valence electrons. The van der Waals surface area contributed by atoms with Gasteiger partial charge in [0.05, 0.1) is 12.4 Å². The normalized spacial score (nSPS) is 10.2. The van der Waals surface area contributed by atoms with Crippen LogP contribution in [0.5, 0.6) is 0 Å². The molecular formula is C15H17FN4O. The Balaban J connectivity index is 2.12. The second-order valence-corrected chi connectivity index (χ2v) is 4.63. The summed E-state index contributed by atoms with van der Waals surface area (Å²) in [5.74, 6) is -0.159. The lowest BCUT2D eigenvalue weighted by Crippen LogP contribution is -2.16. The molecule has 0 saturated heterocycles. The van der Waals surface area contributed by atoms with Gasteiger partial charge in [0.15, 0.2) is 0 Å². The lowest BCUT2D eigenvalue weighted by Gasteiger charge is -2.09. The zero-order chi connectivity index (χ0) is 15.2. The van der Waals surface area contributed by atoms with Crippen LogP contribution in [0.2, 0.25) is 0 Å². The molecule has 1 amide bonds. The predicted molar refractivity (Wildman–Crippen MR) is 79.9 cm³/mol. The van der Waals surface area contributed by atoms with Crippen molar-refractivity contribution < 1.29 is 9.18 Å². The molecule has 1 aromatic carbocycles. The van der Waals surface area contributed by atoms with Crippen LogP contribution in [0.15, 0.2) is 30.6 Å². The van der Waals surface area contributed by atoms with Crippen molar-refractivity contribution in [3.63, 3.8) is 0 Å². The Morgan fingerprint density at radius 2 is 2.14 bits per heavy atom. The Kier molecular flexibility index (Phi) is 4.81. The zero-order valence-corrected chi connectivity index (χ0v) is 12.0. The second-order valence-electron chi connectivity index (χ2n) is 4.63. The van der Waals surface area contributed by atoms with Crippen LogP contribution in [0.3, 0.4) is 0 Å². The van der Waals surface area contributed by atoms with E-state index >= 15 is 0 Å². The average Bonchev–Trinajstić information content (AvgIpc) is 2.48. The van der Waals surface area contributed by atoms with E-state index in [-0.39, 0.29) is 17.4 Å². The van der Waals surface area contributed by atoms with E-state index < -0.39 is 0 Å². The van der Waals surface area contributed by atoms with Crippen LogP contribution in [0.4, 0.5) is 15.9 Å².